The van der Waals surface area contributed by atoms with E-state index in [2.05, 4.69) is 6.58 Å². The zero-order chi connectivity index (χ0) is 12.1. The first-order valence-electron chi connectivity index (χ1n) is 5.18. The Kier molecular flexibility index (Phi) is 4.11. The number of carbonyl (C=O) groups excluding carboxylic acids is 1. The van der Waals surface area contributed by atoms with Crippen molar-refractivity contribution >= 4 is 11.6 Å². The summed E-state index contributed by atoms with van der Waals surface area (Å²) in [5.41, 5.74) is 2.27. The third-order valence-electron chi connectivity index (χ3n) is 2.42. The average molecular weight is 218 g/mol. The number of likely N-dealkylation sites (N-methyl/N-ethyl adjacent to an activating group) is 1. The van der Waals surface area contributed by atoms with Crippen LogP contribution in [0.15, 0.2) is 36.9 Å². The molecule has 1 rings (SSSR count). The highest BCUT2D eigenvalue weighted by Crippen LogP contribution is 2.13. The number of amides is 1. The second-order valence-corrected chi connectivity index (χ2v) is 3.96. The Labute approximate surface area is 97.0 Å². The lowest BCUT2D eigenvalue weighted by Crippen LogP contribution is -2.23. The molecular weight excluding hydrogens is 200 g/mol. The van der Waals surface area contributed by atoms with Crippen molar-refractivity contribution in [2.75, 3.05) is 26.0 Å². The second kappa shape index (κ2) is 5.35. The van der Waals surface area contributed by atoms with Gasteiger partial charge in [0.25, 0.3) is 0 Å². The minimum Gasteiger partial charge on any atom is -0.378 e. The monoisotopic (exact) mass is 218 g/mol. The molecule has 0 unspecified atom stereocenters. The zero-order valence-corrected chi connectivity index (χ0v) is 10.1. The fraction of sp³-hybridized carbons (Fsp3) is 0.308. The van der Waals surface area contributed by atoms with Gasteiger partial charge < -0.3 is 9.80 Å². The van der Waals surface area contributed by atoms with Crippen LogP contribution in [0.25, 0.3) is 0 Å². The molecular formula is C13H18N2O. The van der Waals surface area contributed by atoms with Crippen molar-refractivity contribution in [2.45, 2.75) is 6.54 Å². The molecule has 0 aromatic heterocycles. The summed E-state index contributed by atoms with van der Waals surface area (Å²) >= 11 is 0. The van der Waals surface area contributed by atoms with Crippen LogP contribution in [0, 0.1) is 0 Å². The molecule has 0 N–H and O–H groups in total. The van der Waals surface area contributed by atoms with Crippen molar-refractivity contribution in [3.8, 4) is 0 Å². The minimum atomic E-state index is -0.0586. The highest BCUT2D eigenvalue weighted by Gasteiger charge is 2.04. The Morgan fingerprint density at radius 2 is 1.81 bits per heavy atom. The van der Waals surface area contributed by atoms with Crippen LogP contribution in [0.3, 0.4) is 0 Å². The first-order chi connectivity index (χ1) is 7.54. The molecule has 0 radical (unpaired) electrons. The summed E-state index contributed by atoms with van der Waals surface area (Å²) in [4.78, 5) is 15.0. The van der Waals surface area contributed by atoms with Crippen molar-refractivity contribution in [3.05, 3.63) is 42.5 Å². The maximum Gasteiger partial charge on any atom is 0.245 e. The maximum absolute atomic E-state index is 11.3. The van der Waals surface area contributed by atoms with Crippen molar-refractivity contribution in [3.63, 3.8) is 0 Å². The SMILES string of the molecule is C=CC(=O)N(C)Cc1ccc(N(C)C)cc1. The molecule has 1 amide bonds. The predicted molar refractivity (Wildman–Crippen MR) is 67.4 cm³/mol. The van der Waals surface area contributed by atoms with Gasteiger partial charge in [-0.25, -0.2) is 0 Å². The molecule has 0 saturated carbocycles. The summed E-state index contributed by atoms with van der Waals surface area (Å²) in [5.74, 6) is -0.0586. The van der Waals surface area contributed by atoms with E-state index in [1.54, 1.807) is 11.9 Å². The van der Waals surface area contributed by atoms with Gasteiger partial charge in [-0.05, 0) is 23.8 Å². The van der Waals surface area contributed by atoms with Crippen LogP contribution >= 0.6 is 0 Å². The molecule has 0 spiro atoms. The summed E-state index contributed by atoms with van der Waals surface area (Å²) in [6.07, 6.45) is 1.33. The van der Waals surface area contributed by atoms with E-state index in [1.807, 2.05) is 43.3 Å². The summed E-state index contributed by atoms with van der Waals surface area (Å²) in [7, 11) is 5.77. The van der Waals surface area contributed by atoms with E-state index in [-0.39, 0.29) is 5.91 Å². The topological polar surface area (TPSA) is 23.6 Å². The quantitative estimate of drug-likeness (QED) is 0.721. The van der Waals surface area contributed by atoms with Crippen molar-refractivity contribution in [1.29, 1.82) is 0 Å². The number of rotatable bonds is 4. The van der Waals surface area contributed by atoms with Crippen LogP contribution in [0.2, 0.25) is 0 Å². The van der Waals surface area contributed by atoms with Gasteiger partial charge in [0.05, 0.1) is 0 Å². The van der Waals surface area contributed by atoms with E-state index >= 15 is 0 Å². The average Bonchev–Trinajstić information content (AvgIpc) is 2.28. The standard InChI is InChI=1S/C13H18N2O/c1-5-13(16)15(4)10-11-6-8-12(9-7-11)14(2)3/h5-9H,1,10H2,2-4H3. The summed E-state index contributed by atoms with van der Waals surface area (Å²) in [5, 5.41) is 0. The van der Waals surface area contributed by atoms with Gasteiger partial charge in [-0.1, -0.05) is 18.7 Å². The molecule has 3 nitrogen and oxygen atoms in total. The van der Waals surface area contributed by atoms with Crippen molar-refractivity contribution < 1.29 is 4.79 Å². The van der Waals surface area contributed by atoms with Crippen LogP contribution in [0.5, 0.6) is 0 Å². The molecule has 0 heterocycles. The fourth-order valence-electron chi connectivity index (χ4n) is 1.41. The summed E-state index contributed by atoms with van der Waals surface area (Å²) < 4.78 is 0. The molecule has 0 saturated heterocycles. The van der Waals surface area contributed by atoms with E-state index < -0.39 is 0 Å². The summed E-state index contributed by atoms with van der Waals surface area (Å²) in [6, 6.07) is 8.15. The number of hydrogen-bond acceptors (Lipinski definition) is 2. The number of carbonyl (C=O) groups is 1. The molecule has 0 aliphatic carbocycles. The normalized spacial score (nSPS) is 9.69. The van der Waals surface area contributed by atoms with E-state index in [4.69, 9.17) is 0 Å². The highest BCUT2D eigenvalue weighted by molar-refractivity contribution is 5.86. The Bertz CT molecular complexity index is 368. The zero-order valence-electron chi connectivity index (χ0n) is 10.1. The van der Waals surface area contributed by atoms with Crippen LogP contribution in [-0.4, -0.2) is 32.0 Å². The Hall–Kier alpha value is -1.77. The molecule has 0 fully saturated rings. The number of anilines is 1. The highest BCUT2D eigenvalue weighted by atomic mass is 16.2. The largest absolute Gasteiger partial charge is 0.378 e. The van der Waals surface area contributed by atoms with Gasteiger partial charge in [-0.15, -0.1) is 0 Å². The van der Waals surface area contributed by atoms with Gasteiger partial charge in [-0.3, -0.25) is 4.79 Å². The van der Waals surface area contributed by atoms with Crippen LogP contribution < -0.4 is 4.90 Å². The molecule has 0 aliphatic heterocycles. The second-order valence-electron chi connectivity index (χ2n) is 3.96. The number of nitrogens with zero attached hydrogens (tertiary/aromatic N) is 2. The van der Waals surface area contributed by atoms with E-state index in [0.717, 1.165) is 11.3 Å². The lowest BCUT2D eigenvalue weighted by atomic mass is 10.2. The molecule has 16 heavy (non-hydrogen) atoms. The lowest BCUT2D eigenvalue weighted by Gasteiger charge is -2.16. The van der Waals surface area contributed by atoms with Gasteiger partial charge in [0.15, 0.2) is 0 Å². The van der Waals surface area contributed by atoms with Crippen LogP contribution in [-0.2, 0) is 11.3 Å². The smallest absolute Gasteiger partial charge is 0.245 e. The molecule has 3 heteroatoms. The van der Waals surface area contributed by atoms with E-state index in [0.29, 0.717) is 6.54 Å². The third kappa shape index (κ3) is 3.12. The van der Waals surface area contributed by atoms with Crippen molar-refractivity contribution in [2.24, 2.45) is 0 Å². The Balaban J connectivity index is 2.68. The van der Waals surface area contributed by atoms with Crippen molar-refractivity contribution in [1.82, 2.24) is 4.90 Å². The molecule has 1 aromatic carbocycles. The third-order valence-corrected chi connectivity index (χ3v) is 2.42. The molecule has 0 bridgehead atoms. The number of hydrogen-bond donors (Lipinski definition) is 0. The first-order valence-corrected chi connectivity index (χ1v) is 5.18. The maximum atomic E-state index is 11.3. The lowest BCUT2D eigenvalue weighted by molar-refractivity contribution is -0.125. The van der Waals surface area contributed by atoms with Gasteiger partial charge in [0, 0.05) is 33.4 Å². The molecule has 0 atom stereocenters. The van der Waals surface area contributed by atoms with Gasteiger partial charge in [0.1, 0.15) is 0 Å². The van der Waals surface area contributed by atoms with Crippen LogP contribution in [0.1, 0.15) is 5.56 Å². The van der Waals surface area contributed by atoms with Gasteiger partial charge >= 0.3 is 0 Å². The number of benzene rings is 1. The molecule has 0 aliphatic rings. The first kappa shape index (κ1) is 12.3. The minimum absolute atomic E-state index is 0.0586. The molecule has 1 aromatic rings. The summed E-state index contributed by atoms with van der Waals surface area (Å²) in [6.45, 7) is 4.07. The van der Waals surface area contributed by atoms with Crippen LogP contribution in [0.4, 0.5) is 5.69 Å². The predicted octanol–water partition coefficient (Wildman–Crippen LogP) is 1.90. The fourth-order valence-corrected chi connectivity index (χ4v) is 1.41. The van der Waals surface area contributed by atoms with Gasteiger partial charge in [0.2, 0.25) is 5.91 Å². The Morgan fingerprint density at radius 1 is 1.25 bits per heavy atom. The Morgan fingerprint density at radius 3 is 2.25 bits per heavy atom. The van der Waals surface area contributed by atoms with E-state index in [9.17, 15) is 4.79 Å². The van der Waals surface area contributed by atoms with E-state index in [1.165, 1.54) is 6.08 Å². The van der Waals surface area contributed by atoms with Gasteiger partial charge in [-0.2, -0.15) is 0 Å². The molecule has 86 valence electrons.